The second-order valence-corrected chi connectivity index (χ2v) is 4.95. The van der Waals surface area contributed by atoms with Crippen LogP contribution in [0.25, 0.3) is 6.08 Å². The number of hydrogen-bond donors (Lipinski definition) is 1. The Balaban J connectivity index is 0.00000147. The highest BCUT2D eigenvalue weighted by atomic mass is 35.5. The summed E-state index contributed by atoms with van der Waals surface area (Å²) in [5.74, 6) is 0.00440. The average molecular weight is 306 g/mol. The number of rotatable bonds is 1. The van der Waals surface area contributed by atoms with Crippen LogP contribution in [0.5, 0.6) is 0 Å². The monoisotopic (exact) mass is 305 g/mol. The number of benzene rings is 1. The van der Waals surface area contributed by atoms with Gasteiger partial charge in [-0.25, -0.2) is 0 Å². The summed E-state index contributed by atoms with van der Waals surface area (Å²) < 4.78 is 44.9. The molecule has 110 valence electrons. The Kier molecular flexibility index (Phi) is 4.14. The lowest BCUT2D eigenvalue weighted by molar-refractivity contribution is -0.139. The molecule has 1 N–H and O–H groups in total. The van der Waals surface area contributed by atoms with E-state index in [1.807, 2.05) is 6.07 Å². The SMILES string of the molecule is C=Cc1cc2c(c(C(F)(F)F)c1)COC1CNCC21.Cl. The normalized spacial score (nSPS) is 24.6. The maximum Gasteiger partial charge on any atom is 0.416 e. The minimum absolute atomic E-state index is 0. The van der Waals surface area contributed by atoms with Crippen LogP contribution in [-0.4, -0.2) is 19.2 Å². The van der Waals surface area contributed by atoms with Crippen LogP contribution in [0, 0.1) is 0 Å². The third-order valence-corrected chi connectivity index (χ3v) is 3.85. The van der Waals surface area contributed by atoms with Crippen molar-refractivity contribution in [2.75, 3.05) is 13.1 Å². The molecule has 1 aromatic carbocycles. The Morgan fingerprint density at radius 2 is 2.05 bits per heavy atom. The molecule has 1 saturated heterocycles. The molecular formula is C14H15ClF3NO. The largest absolute Gasteiger partial charge is 0.416 e. The molecule has 2 atom stereocenters. The zero-order chi connectivity index (χ0) is 13.6. The molecule has 3 rings (SSSR count). The van der Waals surface area contributed by atoms with E-state index in [1.165, 1.54) is 6.08 Å². The topological polar surface area (TPSA) is 21.3 Å². The van der Waals surface area contributed by atoms with E-state index in [-0.39, 0.29) is 36.6 Å². The van der Waals surface area contributed by atoms with Crippen LogP contribution < -0.4 is 5.32 Å². The molecule has 2 aliphatic rings. The van der Waals surface area contributed by atoms with Gasteiger partial charge in [0.2, 0.25) is 0 Å². The number of halogens is 4. The number of hydrogen-bond acceptors (Lipinski definition) is 2. The van der Waals surface area contributed by atoms with Gasteiger partial charge in [0.25, 0.3) is 0 Å². The molecule has 1 fully saturated rings. The van der Waals surface area contributed by atoms with Gasteiger partial charge < -0.3 is 10.1 Å². The highest BCUT2D eigenvalue weighted by molar-refractivity contribution is 5.85. The first kappa shape index (κ1) is 15.4. The van der Waals surface area contributed by atoms with Crippen LogP contribution in [0.4, 0.5) is 13.2 Å². The fourth-order valence-corrected chi connectivity index (χ4v) is 2.91. The van der Waals surface area contributed by atoms with Crippen molar-refractivity contribution in [1.29, 1.82) is 0 Å². The summed E-state index contributed by atoms with van der Waals surface area (Å²) in [4.78, 5) is 0. The zero-order valence-electron chi connectivity index (χ0n) is 10.7. The van der Waals surface area contributed by atoms with Crippen molar-refractivity contribution in [2.45, 2.75) is 24.8 Å². The predicted molar refractivity (Wildman–Crippen MR) is 73.0 cm³/mol. The van der Waals surface area contributed by atoms with E-state index >= 15 is 0 Å². The Hall–Kier alpha value is -1.04. The molecule has 2 unspecified atom stereocenters. The van der Waals surface area contributed by atoms with E-state index in [0.717, 1.165) is 11.6 Å². The van der Waals surface area contributed by atoms with Crippen molar-refractivity contribution in [1.82, 2.24) is 5.32 Å². The third-order valence-electron chi connectivity index (χ3n) is 3.85. The number of nitrogens with one attached hydrogen (secondary N) is 1. The molecule has 0 spiro atoms. The maximum atomic E-state index is 13.1. The lowest BCUT2D eigenvalue weighted by Gasteiger charge is -2.30. The van der Waals surface area contributed by atoms with Gasteiger partial charge in [-0.15, -0.1) is 12.4 Å². The van der Waals surface area contributed by atoms with E-state index in [1.54, 1.807) is 0 Å². The first-order chi connectivity index (χ1) is 9.00. The van der Waals surface area contributed by atoms with Crippen molar-refractivity contribution >= 4 is 18.5 Å². The van der Waals surface area contributed by atoms with Gasteiger partial charge in [-0.2, -0.15) is 13.2 Å². The Bertz CT molecular complexity index is 530. The Morgan fingerprint density at radius 3 is 2.70 bits per heavy atom. The second-order valence-electron chi connectivity index (χ2n) is 4.95. The van der Waals surface area contributed by atoms with E-state index in [0.29, 0.717) is 18.7 Å². The van der Waals surface area contributed by atoms with Gasteiger partial charge in [0.1, 0.15) is 0 Å². The fourth-order valence-electron chi connectivity index (χ4n) is 2.91. The first-order valence-electron chi connectivity index (χ1n) is 6.19. The second kappa shape index (κ2) is 5.39. The lowest BCUT2D eigenvalue weighted by Crippen LogP contribution is -2.29. The number of ether oxygens (including phenoxy) is 1. The summed E-state index contributed by atoms with van der Waals surface area (Å²) in [5.41, 5.74) is 0.956. The Morgan fingerprint density at radius 1 is 1.30 bits per heavy atom. The molecule has 0 amide bonds. The third kappa shape index (κ3) is 2.45. The van der Waals surface area contributed by atoms with Gasteiger partial charge in [-0.1, -0.05) is 18.7 Å². The highest BCUT2D eigenvalue weighted by Crippen LogP contribution is 2.41. The minimum atomic E-state index is -4.36. The van der Waals surface area contributed by atoms with Gasteiger partial charge in [0, 0.05) is 19.0 Å². The molecule has 0 aromatic heterocycles. The van der Waals surface area contributed by atoms with Crippen LogP contribution in [-0.2, 0) is 17.5 Å². The van der Waals surface area contributed by atoms with Crippen LogP contribution in [0.1, 0.15) is 28.2 Å². The quantitative estimate of drug-likeness (QED) is 0.859. The van der Waals surface area contributed by atoms with Crippen LogP contribution >= 0.6 is 12.4 Å². The molecule has 2 heterocycles. The molecule has 0 radical (unpaired) electrons. The number of fused-ring (bicyclic) bond motifs is 3. The van der Waals surface area contributed by atoms with Crippen LogP contribution in [0.15, 0.2) is 18.7 Å². The average Bonchev–Trinajstić information content (AvgIpc) is 2.84. The summed E-state index contributed by atoms with van der Waals surface area (Å²) in [5, 5.41) is 3.17. The number of alkyl halides is 3. The molecule has 6 heteroatoms. The highest BCUT2D eigenvalue weighted by Gasteiger charge is 2.41. The summed E-state index contributed by atoms with van der Waals surface area (Å²) in [6.45, 7) is 4.97. The molecular weight excluding hydrogens is 291 g/mol. The molecule has 0 bridgehead atoms. The summed E-state index contributed by atoms with van der Waals surface area (Å²) in [6, 6.07) is 2.96. The van der Waals surface area contributed by atoms with Crippen LogP contribution in [0.3, 0.4) is 0 Å². The Labute approximate surface area is 121 Å². The van der Waals surface area contributed by atoms with E-state index in [9.17, 15) is 13.2 Å². The van der Waals surface area contributed by atoms with Gasteiger partial charge in [0.05, 0.1) is 18.3 Å². The van der Waals surface area contributed by atoms with Crippen molar-refractivity contribution in [3.05, 3.63) is 41.0 Å². The summed E-state index contributed by atoms with van der Waals surface area (Å²) in [6.07, 6.45) is -2.91. The minimum Gasteiger partial charge on any atom is -0.372 e. The van der Waals surface area contributed by atoms with Crippen molar-refractivity contribution in [3.8, 4) is 0 Å². The van der Waals surface area contributed by atoms with Gasteiger partial charge >= 0.3 is 6.18 Å². The van der Waals surface area contributed by atoms with E-state index < -0.39 is 11.7 Å². The molecule has 0 saturated carbocycles. The fraction of sp³-hybridized carbons (Fsp3) is 0.429. The summed E-state index contributed by atoms with van der Waals surface area (Å²) in [7, 11) is 0. The molecule has 1 aromatic rings. The zero-order valence-corrected chi connectivity index (χ0v) is 11.5. The van der Waals surface area contributed by atoms with Gasteiger partial charge in [-0.05, 0) is 22.8 Å². The van der Waals surface area contributed by atoms with Crippen molar-refractivity contribution in [2.24, 2.45) is 0 Å². The van der Waals surface area contributed by atoms with E-state index in [4.69, 9.17) is 4.74 Å². The van der Waals surface area contributed by atoms with Crippen LogP contribution in [0.2, 0.25) is 0 Å². The van der Waals surface area contributed by atoms with Crippen molar-refractivity contribution in [3.63, 3.8) is 0 Å². The lowest BCUT2D eigenvalue weighted by atomic mass is 9.85. The van der Waals surface area contributed by atoms with Gasteiger partial charge in [0.15, 0.2) is 0 Å². The van der Waals surface area contributed by atoms with Crippen molar-refractivity contribution < 1.29 is 17.9 Å². The molecule has 2 nitrogen and oxygen atoms in total. The first-order valence-corrected chi connectivity index (χ1v) is 6.19. The molecule has 2 aliphatic heterocycles. The van der Waals surface area contributed by atoms with E-state index in [2.05, 4.69) is 11.9 Å². The molecule has 20 heavy (non-hydrogen) atoms. The summed E-state index contributed by atoms with van der Waals surface area (Å²) >= 11 is 0. The predicted octanol–water partition coefficient (Wildman–Crippen LogP) is 3.36. The standard InChI is InChI=1S/C14H14F3NO.ClH/c1-2-8-3-9-10-5-18-6-13(10)19-7-11(9)12(4-8)14(15,16)17;/h2-4,10,13,18H,1,5-7H2;1H. The van der Waals surface area contributed by atoms with Gasteiger partial charge in [-0.3, -0.25) is 0 Å². The smallest absolute Gasteiger partial charge is 0.372 e. The maximum absolute atomic E-state index is 13.1. The molecule has 0 aliphatic carbocycles.